The molecule has 0 aromatic rings. The van der Waals surface area contributed by atoms with E-state index in [-0.39, 0.29) is 30.6 Å². The molecule has 1 atom stereocenters. The topological polar surface area (TPSA) is 102 Å². The average Bonchev–Trinajstić information content (AvgIpc) is 2.96. The van der Waals surface area contributed by atoms with E-state index in [0.29, 0.717) is 39.4 Å². The summed E-state index contributed by atoms with van der Waals surface area (Å²) in [6, 6.07) is 0. The Hall–Kier alpha value is -2.06. The molecule has 1 N–H and O–H groups in total. The highest BCUT2D eigenvalue weighted by atomic mass is 16.5. The van der Waals surface area contributed by atoms with E-state index in [1.807, 2.05) is 6.92 Å². The van der Waals surface area contributed by atoms with Crippen LogP contribution in [0.2, 0.25) is 0 Å². The fraction of sp³-hybridized carbons (Fsp3) is 0.684. The molecule has 0 bridgehead atoms. The summed E-state index contributed by atoms with van der Waals surface area (Å²) in [5.74, 6) is -0.706. The Morgan fingerprint density at radius 3 is 2.30 bits per heavy atom. The summed E-state index contributed by atoms with van der Waals surface area (Å²) in [7, 11) is 0. The van der Waals surface area contributed by atoms with Crippen molar-refractivity contribution in [3.63, 3.8) is 0 Å². The van der Waals surface area contributed by atoms with Gasteiger partial charge in [0.25, 0.3) is 11.8 Å². The van der Waals surface area contributed by atoms with Gasteiger partial charge in [0.2, 0.25) is 5.91 Å². The lowest BCUT2D eigenvalue weighted by Crippen LogP contribution is -2.35. The fourth-order valence-electron chi connectivity index (χ4n) is 2.55. The normalized spacial score (nSPS) is 14.7. The van der Waals surface area contributed by atoms with Crippen LogP contribution in [0.1, 0.15) is 39.5 Å². The molecule has 3 amide bonds. The third kappa shape index (κ3) is 9.44. The number of hydrogen-bond donors (Lipinski definition) is 1. The van der Waals surface area contributed by atoms with Crippen molar-refractivity contribution < 1.29 is 28.7 Å². The SMILES string of the molecule is CCCC(C)C(=O)CCOCCOCCNC(=O)CCN1C(=O)C=CC1=O. The van der Waals surface area contributed by atoms with Crippen LogP contribution in [0, 0.1) is 5.92 Å². The van der Waals surface area contributed by atoms with Crippen molar-refractivity contribution in [3.05, 3.63) is 12.2 Å². The van der Waals surface area contributed by atoms with Crippen LogP contribution in [-0.2, 0) is 28.7 Å². The third-order valence-corrected chi connectivity index (χ3v) is 4.17. The van der Waals surface area contributed by atoms with Crippen LogP contribution in [0.4, 0.5) is 0 Å². The predicted molar refractivity (Wildman–Crippen MR) is 98.8 cm³/mol. The number of carbonyl (C=O) groups is 4. The van der Waals surface area contributed by atoms with Gasteiger partial charge in [0, 0.05) is 44.0 Å². The van der Waals surface area contributed by atoms with Gasteiger partial charge in [-0.15, -0.1) is 0 Å². The van der Waals surface area contributed by atoms with E-state index in [0.717, 1.165) is 17.7 Å². The molecule has 0 aromatic heterocycles. The molecule has 1 rings (SSSR count). The minimum Gasteiger partial charge on any atom is -0.379 e. The molecular formula is C19H30N2O6. The second-order valence-corrected chi connectivity index (χ2v) is 6.39. The molecule has 1 aliphatic rings. The lowest BCUT2D eigenvalue weighted by atomic mass is 9.99. The fourth-order valence-corrected chi connectivity index (χ4v) is 2.55. The summed E-state index contributed by atoms with van der Waals surface area (Å²) in [5, 5.41) is 2.66. The van der Waals surface area contributed by atoms with Gasteiger partial charge in [-0.2, -0.15) is 0 Å². The van der Waals surface area contributed by atoms with Crippen molar-refractivity contribution in [2.75, 3.05) is 39.5 Å². The summed E-state index contributed by atoms with van der Waals surface area (Å²) in [6.07, 6.45) is 4.79. The Morgan fingerprint density at radius 2 is 1.67 bits per heavy atom. The Kier molecular flexibility index (Phi) is 11.2. The quantitative estimate of drug-likeness (QED) is 0.333. The summed E-state index contributed by atoms with van der Waals surface area (Å²) < 4.78 is 10.7. The molecule has 0 aromatic carbocycles. The maximum absolute atomic E-state index is 11.7. The summed E-state index contributed by atoms with van der Waals surface area (Å²) in [6.45, 7) is 5.94. The summed E-state index contributed by atoms with van der Waals surface area (Å²) >= 11 is 0. The first kappa shape index (κ1) is 23.0. The first-order valence-corrected chi connectivity index (χ1v) is 9.44. The number of carbonyl (C=O) groups excluding carboxylic acids is 4. The van der Waals surface area contributed by atoms with Gasteiger partial charge in [-0.1, -0.05) is 20.3 Å². The minimum absolute atomic E-state index is 0.0623. The van der Waals surface area contributed by atoms with Crippen LogP contribution in [0.5, 0.6) is 0 Å². The molecule has 1 heterocycles. The lowest BCUT2D eigenvalue weighted by Gasteiger charge is -2.13. The minimum atomic E-state index is -0.391. The van der Waals surface area contributed by atoms with Crippen LogP contribution in [0.15, 0.2) is 12.2 Å². The predicted octanol–water partition coefficient (Wildman–Crippen LogP) is 0.846. The second kappa shape index (κ2) is 13.2. The standard InChI is InChI=1S/C19H30N2O6/c1-3-4-15(2)16(22)8-11-26-13-14-27-12-9-20-17(23)7-10-21-18(24)5-6-19(21)25/h5-6,15H,3-4,7-14H2,1-2H3,(H,20,23). The zero-order chi connectivity index (χ0) is 20.1. The van der Waals surface area contributed by atoms with Gasteiger partial charge in [0.05, 0.1) is 26.4 Å². The van der Waals surface area contributed by atoms with Crippen LogP contribution in [-0.4, -0.2) is 67.9 Å². The average molecular weight is 382 g/mol. The van der Waals surface area contributed by atoms with Gasteiger partial charge in [-0.3, -0.25) is 24.1 Å². The van der Waals surface area contributed by atoms with Crippen molar-refractivity contribution in [2.24, 2.45) is 5.92 Å². The Balaban J connectivity index is 1.92. The molecule has 8 nitrogen and oxygen atoms in total. The maximum atomic E-state index is 11.7. The summed E-state index contributed by atoms with van der Waals surface area (Å²) in [5.41, 5.74) is 0. The number of nitrogens with zero attached hydrogens (tertiary/aromatic N) is 1. The number of Topliss-reactive ketones (excluding diaryl/α,β-unsaturated/α-hetero) is 1. The lowest BCUT2D eigenvalue weighted by molar-refractivity contribution is -0.137. The van der Waals surface area contributed by atoms with Gasteiger partial charge < -0.3 is 14.8 Å². The van der Waals surface area contributed by atoms with Crippen molar-refractivity contribution in [1.82, 2.24) is 10.2 Å². The zero-order valence-electron chi connectivity index (χ0n) is 16.2. The smallest absolute Gasteiger partial charge is 0.253 e. The van der Waals surface area contributed by atoms with E-state index < -0.39 is 11.8 Å². The Bertz CT molecular complexity index is 528. The van der Waals surface area contributed by atoms with Gasteiger partial charge in [-0.25, -0.2) is 0 Å². The van der Waals surface area contributed by atoms with E-state index >= 15 is 0 Å². The number of rotatable bonds is 15. The van der Waals surface area contributed by atoms with Crippen molar-refractivity contribution in [3.8, 4) is 0 Å². The molecule has 0 radical (unpaired) electrons. The molecule has 0 saturated heterocycles. The first-order chi connectivity index (χ1) is 13.0. The summed E-state index contributed by atoms with van der Waals surface area (Å²) in [4.78, 5) is 47.1. The number of imide groups is 1. The van der Waals surface area contributed by atoms with Crippen molar-refractivity contribution in [1.29, 1.82) is 0 Å². The Labute approximate surface area is 160 Å². The molecule has 152 valence electrons. The highest BCUT2D eigenvalue weighted by Gasteiger charge is 2.23. The number of ether oxygens (including phenoxy) is 2. The number of hydrogen-bond acceptors (Lipinski definition) is 6. The van der Waals surface area contributed by atoms with Crippen molar-refractivity contribution in [2.45, 2.75) is 39.5 Å². The van der Waals surface area contributed by atoms with E-state index in [9.17, 15) is 19.2 Å². The van der Waals surface area contributed by atoms with Gasteiger partial charge >= 0.3 is 0 Å². The van der Waals surface area contributed by atoms with Crippen LogP contribution < -0.4 is 5.32 Å². The van der Waals surface area contributed by atoms with Gasteiger partial charge in [0.15, 0.2) is 0 Å². The van der Waals surface area contributed by atoms with Gasteiger partial charge in [0.1, 0.15) is 5.78 Å². The highest BCUT2D eigenvalue weighted by Crippen LogP contribution is 2.08. The molecular weight excluding hydrogens is 352 g/mol. The molecule has 0 saturated carbocycles. The van der Waals surface area contributed by atoms with Crippen LogP contribution >= 0.6 is 0 Å². The number of ketones is 1. The molecule has 8 heteroatoms. The van der Waals surface area contributed by atoms with E-state index in [1.54, 1.807) is 0 Å². The van der Waals surface area contributed by atoms with Crippen LogP contribution in [0.3, 0.4) is 0 Å². The largest absolute Gasteiger partial charge is 0.379 e. The van der Waals surface area contributed by atoms with Crippen molar-refractivity contribution >= 4 is 23.5 Å². The third-order valence-electron chi connectivity index (χ3n) is 4.17. The second-order valence-electron chi connectivity index (χ2n) is 6.39. The monoisotopic (exact) mass is 382 g/mol. The number of nitrogens with one attached hydrogen (secondary N) is 1. The molecule has 1 aliphatic heterocycles. The highest BCUT2D eigenvalue weighted by molar-refractivity contribution is 6.13. The molecule has 27 heavy (non-hydrogen) atoms. The maximum Gasteiger partial charge on any atom is 0.253 e. The number of amides is 3. The first-order valence-electron chi connectivity index (χ1n) is 9.44. The van der Waals surface area contributed by atoms with E-state index in [2.05, 4.69) is 12.2 Å². The molecule has 0 fully saturated rings. The molecule has 0 spiro atoms. The van der Waals surface area contributed by atoms with Gasteiger partial charge in [-0.05, 0) is 6.42 Å². The molecule has 0 aliphatic carbocycles. The van der Waals surface area contributed by atoms with Crippen LogP contribution in [0.25, 0.3) is 0 Å². The molecule has 1 unspecified atom stereocenters. The zero-order valence-corrected chi connectivity index (χ0v) is 16.2. The van der Waals surface area contributed by atoms with E-state index in [4.69, 9.17) is 9.47 Å². The van der Waals surface area contributed by atoms with E-state index in [1.165, 1.54) is 12.2 Å². The Morgan fingerprint density at radius 1 is 1.04 bits per heavy atom.